The van der Waals surface area contributed by atoms with Gasteiger partial charge >= 0.3 is 0 Å². The van der Waals surface area contributed by atoms with Crippen molar-refractivity contribution in [2.75, 3.05) is 34.1 Å². The lowest BCUT2D eigenvalue weighted by Gasteiger charge is -2.32. The molecule has 5 heteroatoms. The van der Waals surface area contributed by atoms with Crippen LogP contribution in [0.5, 0.6) is 23.0 Å². The van der Waals surface area contributed by atoms with E-state index in [1.54, 1.807) is 7.11 Å². The van der Waals surface area contributed by atoms with Crippen molar-refractivity contribution in [3.63, 3.8) is 0 Å². The third-order valence-corrected chi connectivity index (χ3v) is 5.91. The first kappa shape index (κ1) is 20.3. The van der Waals surface area contributed by atoms with E-state index in [2.05, 4.69) is 54.1 Å². The Labute approximate surface area is 188 Å². The Kier molecular flexibility index (Phi) is 5.62. The van der Waals surface area contributed by atoms with Crippen molar-refractivity contribution in [3.05, 3.63) is 71.8 Å². The van der Waals surface area contributed by atoms with Gasteiger partial charge in [-0.15, -0.1) is 0 Å². The molecule has 0 aromatic heterocycles. The summed E-state index contributed by atoms with van der Waals surface area (Å²) in [6.07, 6.45) is 0.918. The van der Waals surface area contributed by atoms with Gasteiger partial charge in [-0.3, -0.25) is 4.90 Å². The minimum atomic E-state index is -0.0905. The molecule has 1 atom stereocenters. The number of benzene rings is 3. The molecule has 0 radical (unpaired) electrons. The average molecular weight is 428 g/mol. The Bertz CT molecular complexity index is 1160. The second-order valence-electron chi connectivity index (χ2n) is 7.85. The van der Waals surface area contributed by atoms with Gasteiger partial charge in [0, 0.05) is 12.1 Å². The lowest BCUT2D eigenvalue weighted by molar-refractivity contribution is 0.171. The minimum absolute atomic E-state index is 0.0905. The first-order chi connectivity index (χ1) is 15.7. The Balaban J connectivity index is 1.31. The summed E-state index contributed by atoms with van der Waals surface area (Å²) in [5.41, 5.74) is 4.61. The van der Waals surface area contributed by atoms with E-state index in [1.807, 2.05) is 30.3 Å². The molecular formula is C27H25NO4. The molecule has 0 unspecified atom stereocenters. The highest BCUT2D eigenvalue weighted by molar-refractivity contribution is 5.64. The van der Waals surface area contributed by atoms with E-state index in [-0.39, 0.29) is 12.8 Å². The Morgan fingerprint density at radius 2 is 1.81 bits per heavy atom. The van der Waals surface area contributed by atoms with Crippen LogP contribution in [0, 0.1) is 11.8 Å². The van der Waals surface area contributed by atoms with Gasteiger partial charge in [-0.1, -0.05) is 54.3 Å². The summed E-state index contributed by atoms with van der Waals surface area (Å²) in [6.45, 7) is 1.45. The van der Waals surface area contributed by atoms with Crippen LogP contribution in [0.3, 0.4) is 0 Å². The van der Waals surface area contributed by atoms with Gasteiger partial charge in [-0.25, -0.2) is 0 Å². The fourth-order valence-electron chi connectivity index (χ4n) is 4.25. The van der Waals surface area contributed by atoms with E-state index < -0.39 is 0 Å². The van der Waals surface area contributed by atoms with Gasteiger partial charge in [0.15, 0.2) is 11.5 Å². The molecule has 2 aliphatic heterocycles. The third-order valence-electron chi connectivity index (χ3n) is 5.91. The number of methoxy groups -OCH3 is 1. The van der Waals surface area contributed by atoms with E-state index >= 15 is 0 Å². The van der Waals surface area contributed by atoms with Crippen LogP contribution in [-0.4, -0.2) is 39.0 Å². The van der Waals surface area contributed by atoms with Gasteiger partial charge < -0.3 is 18.9 Å². The topological polar surface area (TPSA) is 40.2 Å². The molecule has 2 heterocycles. The second-order valence-corrected chi connectivity index (χ2v) is 7.85. The van der Waals surface area contributed by atoms with Crippen LogP contribution in [0.15, 0.2) is 60.7 Å². The van der Waals surface area contributed by atoms with Gasteiger partial charge in [-0.2, -0.15) is 0 Å². The minimum Gasteiger partial charge on any atom is -0.492 e. The number of ether oxygens (including phenoxy) is 4. The van der Waals surface area contributed by atoms with Crippen LogP contribution in [-0.2, 0) is 6.42 Å². The molecule has 0 amide bonds. The van der Waals surface area contributed by atoms with Crippen LogP contribution in [0.4, 0.5) is 0 Å². The first-order valence-electron chi connectivity index (χ1n) is 10.7. The maximum atomic E-state index is 5.87. The van der Waals surface area contributed by atoms with Crippen LogP contribution in [0.25, 0.3) is 11.1 Å². The summed E-state index contributed by atoms with van der Waals surface area (Å²) in [4.78, 5) is 2.23. The van der Waals surface area contributed by atoms with E-state index in [4.69, 9.17) is 18.9 Å². The number of hydrogen-bond acceptors (Lipinski definition) is 5. The third kappa shape index (κ3) is 3.86. The molecule has 3 aromatic rings. The maximum absolute atomic E-state index is 5.87. The van der Waals surface area contributed by atoms with E-state index in [0.717, 1.165) is 41.3 Å². The van der Waals surface area contributed by atoms with Crippen molar-refractivity contribution < 1.29 is 18.9 Å². The molecule has 0 fully saturated rings. The number of fused-ring (bicyclic) bond motifs is 2. The molecule has 162 valence electrons. The second kappa shape index (κ2) is 8.86. The van der Waals surface area contributed by atoms with Crippen molar-refractivity contribution in [3.8, 4) is 46.0 Å². The molecule has 3 aromatic carbocycles. The summed E-state index contributed by atoms with van der Waals surface area (Å²) < 4.78 is 22.8. The smallest absolute Gasteiger partial charge is 0.231 e. The van der Waals surface area contributed by atoms with Crippen molar-refractivity contribution in [2.45, 2.75) is 12.5 Å². The number of rotatable bonds is 4. The van der Waals surface area contributed by atoms with Crippen LogP contribution < -0.4 is 18.9 Å². The monoisotopic (exact) mass is 427 g/mol. The zero-order valence-electron chi connectivity index (χ0n) is 18.3. The quantitative estimate of drug-likeness (QED) is 0.565. The summed E-state index contributed by atoms with van der Waals surface area (Å²) >= 11 is 0. The predicted molar refractivity (Wildman–Crippen MR) is 123 cm³/mol. The molecule has 5 rings (SSSR count). The summed E-state index contributed by atoms with van der Waals surface area (Å²) in [5.74, 6) is 9.52. The largest absolute Gasteiger partial charge is 0.492 e. The molecule has 32 heavy (non-hydrogen) atoms. The standard InChI is InChI=1S/C27H25NO4/c1-28-15-14-21-17-24-26(32-18-31-24)27(29-2)25(21)23(28)9-6-16-30-22-12-10-20(11-13-22)19-7-4-3-5-8-19/h3-5,7-8,10-13,17,23H,14-16,18H2,1-2H3/t23-/m0/s1. The van der Waals surface area contributed by atoms with Gasteiger partial charge in [0.05, 0.1) is 7.11 Å². The van der Waals surface area contributed by atoms with Crippen LogP contribution >= 0.6 is 0 Å². The predicted octanol–water partition coefficient (Wildman–Crippen LogP) is 4.70. The fraction of sp³-hybridized carbons (Fsp3) is 0.259. The number of hydrogen-bond donors (Lipinski definition) is 0. The van der Waals surface area contributed by atoms with Crippen molar-refractivity contribution >= 4 is 0 Å². The fourth-order valence-corrected chi connectivity index (χ4v) is 4.25. The molecule has 0 saturated heterocycles. The van der Waals surface area contributed by atoms with Gasteiger partial charge in [-0.05, 0) is 48.4 Å². The summed E-state index contributed by atoms with van der Waals surface area (Å²) in [6, 6.07) is 20.4. The van der Waals surface area contributed by atoms with E-state index in [0.29, 0.717) is 12.4 Å². The molecule has 0 spiro atoms. The number of likely N-dealkylation sites (N-methyl/N-ethyl adjacent to an activating group) is 1. The van der Waals surface area contributed by atoms with Crippen LogP contribution in [0.2, 0.25) is 0 Å². The van der Waals surface area contributed by atoms with Gasteiger partial charge in [0.2, 0.25) is 12.5 Å². The normalized spacial score (nSPS) is 16.6. The molecule has 0 aliphatic carbocycles. The SMILES string of the molecule is COc1c2c(cc3c1[C@H](C#CCOc1ccc(-c4ccccc4)cc1)N(C)CC3)OCO2. The maximum Gasteiger partial charge on any atom is 0.231 e. The van der Waals surface area contributed by atoms with Gasteiger partial charge in [0.1, 0.15) is 18.4 Å². The highest BCUT2D eigenvalue weighted by Crippen LogP contribution is 2.49. The lowest BCUT2D eigenvalue weighted by Crippen LogP contribution is -2.31. The molecule has 0 bridgehead atoms. The van der Waals surface area contributed by atoms with Crippen molar-refractivity contribution in [2.24, 2.45) is 0 Å². The van der Waals surface area contributed by atoms with E-state index in [9.17, 15) is 0 Å². The number of nitrogens with zero attached hydrogens (tertiary/aromatic N) is 1. The zero-order valence-corrected chi connectivity index (χ0v) is 18.3. The molecule has 5 nitrogen and oxygen atoms in total. The Morgan fingerprint density at radius 1 is 1.03 bits per heavy atom. The van der Waals surface area contributed by atoms with Crippen molar-refractivity contribution in [1.82, 2.24) is 4.90 Å². The average Bonchev–Trinajstić information content (AvgIpc) is 3.31. The highest BCUT2D eigenvalue weighted by Gasteiger charge is 2.33. The van der Waals surface area contributed by atoms with Gasteiger partial charge in [0.25, 0.3) is 0 Å². The van der Waals surface area contributed by atoms with Crippen molar-refractivity contribution in [1.29, 1.82) is 0 Å². The van der Waals surface area contributed by atoms with Crippen LogP contribution in [0.1, 0.15) is 17.2 Å². The van der Waals surface area contributed by atoms with E-state index in [1.165, 1.54) is 11.1 Å². The molecule has 2 aliphatic rings. The Morgan fingerprint density at radius 3 is 2.59 bits per heavy atom. The summed E-state index contributed by atoms with van der Waals surface area (Å²) in [5, 5.41) is 0. The summed E-state index contributed by atoms with van der Waals surface area (Å²) in [7, 11) is 3.74. The highest BCUT2D eigenvalue weighted by atomic mass is 16.7. The lowest BCUT2D eigenvalue weighted by atomic mass is 9.91. The molecule has 0 N–H and O–H groups in total. The first-order valence-corrected chi connectivity index (χ1v) is 10.7. The zero-order chi connectivity index (χ0) is 21.9. The Hall–Kier alpha value is -3.62. The molecular weight excluding hydrogens is 402 g/mol. The molecule has 0 saturated carbocycles.